The SMILES string of the molecule is CCOc1ccc(NC(=O)N/C=C(\C)C2CC2)cc1OCC. The summed E-state index contributed by atoms with van der Waals surface area (Å²) in [5.74, 6) is 1.96. The molecule has 0 unspecified atom stereocenters. The number of benzene rings is 1. The quantitative estimate of drug-likeness (QED) is 0.802. The van der Waals surface area contributed by atoms with E-state index in [1.54, 1.807) is 24.4 Å². The smallest absolute Gasteiger partial charge is 0.323 e. The zero-order chi connectivity index (χ0) is 15.9. The molecular weight excluding hydrogens is 280 g/mol. The molecule has 0 heterocycles. The predicted octanol–water partition coefficient (Wildman–Crippen LogP) is 3.92. The summed E-state index contributed by atoms with van der Waals surface area (Å²) in [4.78, 5) is 11.9. The summed E-state index contributed by atoms with van der Waals surface area (Å²) in [7, 11) is 0. The lowest BCUT2D eigenvalue weighted by molar-refractivity contribution is 0.255. The van der Waals surface area contributed by atoms with Crippen molar-refractivity contribution in [2.75, 3.05) is 18.5 Å². The summed E-state index contributed by atoms with van der Waals surface area (Å²) < 4.78 is 11.0. The second-order valence-electron chi connectivity index (χ2n) is 5.29. The molecular formula is C17H24N2O3. The topological polar surface area (TPSA) is 59.6 Å². The molecule has 120 valence electrons. The average molecular weight is 304 g/mol. The van der Waals surface area contributed by atoms with E-state index >= 15 is 0 Å². The van der Waals surface area contributed by atoms with Gasteiger partial charge in [0.15, 0.2) is 11.5 Å². The maximum absolute atomic E-state index is 11.9. The van der Waals surface area contributed by atoms with Gasteiger partial charge in [-0.3, -0.25) is 0 Å². The fourth-order valence-corrected chi connectivity index (χ4v) is 2.13. The Kier molecular flexibility index (Phi) is 5.69. The summed E-state index contributed by atoms with van der Waals surface area (Å²) in [6.07, 6.45) is 4.23. The Morgan fingerprint density at radius 2 is 1.91 bits per heavy atom. The maximum atomic E-state index is 11.9. The van der Waals surface area contributed by atoms with Crippen LogP contribution in [0.3, 0.4) is 0 Å². The Morgan fingerprint density at radius 1 is 1.23 bits per heavy atom. The zero-order valence-corrected chi connectivity index (χ0v) is 13.4. The molecule has 2 amide bonds. The third kappa shape index (κ3) is 4.69. The van der Waals surface area contributed by atoms with Gasteiger partial charge in [0.2, 0.25) is 0 Å². The van der Waals surface area contributed by atoms with Crippen molar-refractivity contribution in [2.24, 2.45) is 5.92 Å². The minimum Gasteiger partial charge on any atom is -0.490 e. The van der Waals surface area contributed by atoms with Crippen molar-refractivity contribution < 1.29 is 14.3 Å². The highest BCUT2D eigenvalue weighted by molar-refractivity contribution is 5.90. The standard InChI is InChI=1S/C17H24N2O3/c1-4-21-15-9-8-14(10-16(15)22-5-2)19-17(20)18-11-12(3)13-6-7-13/h8-11,13H,4-7H2,1-3H3,(H2,18,19,20)/b12-11+. The average Bonchev–Trinajstić information content (AvgIpc) is 3.33. The minimum atomic E-state index is -0.258. The molecule has 0 aromatic heterocycles. The summed E-state index contributed by atoms with van der Waals surface area (Å²) >= 11 is 0. The van der Waals surface area contributed by atoms with Gasteiger partial charge in [0.05, 0.1) is 13.2 Å². The van der Waals surface area contributed by atoms with Crippen molar-refractivity contribution in [3.05, 3.63) is 30.0 Å². The lowest BCUT2D eigenvalue weighted by atomic mass is 10.2. The van der Waals surface area contributed by atoms with E-state index in [-0.39, 0.29) is 6.03 Å². The highest BCUT2D eigenvalue weighted by Crippen LogP contribution is 2.35. The first-order chi connectivity index (χ1) is 10.6. The second kappa shape index (κ2) is 7.73. The number of anilines is 1. The Hall–Kier alpha value is -2.17. The van der Waals surface area contributed by atoms with Crippen molar-refractivity contribution in [3.8, 4) is 11.5 Å². The molecule has 0 atom stereocenters. The van der Waals surface area contributed by atoms with E-state index in [1.165, 1.54) is 18.4 Å². The van der Waals surface area contributed by atoms with Crippen LogP contribution in [0.1, 0.15) is 33.6 Å². The summed E-state index contributed by atoms with van der Waals surface area (Å²) in [6, 6.07) is 5.11. The van der Waals surface area contributed by atoms with Crippen LogP contribution in [0.15, 0.2) is 30.0 Å². The van der Waals surface area contributed by atoms with Crippen LogP contribution in [-0.4, -0.2) is 19.2 Å². The van der Waals surface area contributed by atoms with Gasteiger partial charge in [-0.25, -0.2) is 4.79 Å². The van der Waals surface area contributed by atoms with Crippen LogP contribution in [0.25, 0.3) is 0 Å². The van der Waals surface area contributed by atoms with Crippen molar-refractivity contribution in [3.63, 3.8) is 0 Å². The number of urea groups is 1. The third-order valence-corrected chi connectivity index (χ3v) is 3.45. The number of nitrogens with one attached hydrogen (secondary N) is 2. The molecule has 1 saturated carbocycles. The Balaban J connectivity index is 1.97. The lowest BCUT2D eigenvalue weighted by Crippen LogP contribution is -2.24. The third-order valence-electron chi connectivity index (χ3n) is 3.45. The minimum absolute atomic E-state index is 0.258. The predicted molar refractivity (Wildman–Crippen MR) is 87.4 cm³/mol. The second-order valence-corrected chi connectivity index (χ2v) is 5.29. The van der Waals surface area contributed by atoms with Crippen molar-refractivity contribution in [1.29, 1.82) is 0 Å². The molecule has 0 bridgehead atoms. The van der Waals surface area contributed by atoms with Gasteiger partial charge in [0.25, 0.3) is 0 Å². The number of carbonyl (C=O) groups is 1. The van der Waals surface area contributed by atoms with E-state index in [9.17, 15) is 4.79 Å². The lowest BCUT2D eigenvalue weighted by Gasteiger charge is -2.13. The largest absolute Gasteiger partial charge is 0.490 e. The van der Waals surface area contributed by atoms with Gasteiger partial charge in [-0.15, -0.1) is 0 Å². The molecule has 2 rings (SSSR count). The number of ether oxygens (including phenoxy) is 2. The summed E-state index contributed by atoms with van der Waals surface area (Å²) in [6.45, 7) is 6.98. The number of hydrogen-bond acceptors (Lipinski definition) is 3. The van der Waals surface area contributed by atoms with Gasteiger partial charge in [-0.2, -0.15) is 0 Å². The molecule has 0 aliphatic heterocycles. The first-order valence-electron chi connectivity index (χ1n) is 7.77. The van der Waals surface area contributed by atoms with Crippen molar-refractivity contribution in [2.45, 2.75) is 33.6 Å². The summed E-state index contributed by atoms with van der Waals surface area (Å²) in [5, 5.41) is 5.55. The molecule has 1 aliphatic rings. The molecule has 0 spiro atoms. The first kappa shape index (κ1) is 16.2. The normalized spacial score (nSPS) is 14.4. The first-order valence-corrected chi connectivity index (χ1v) is 7.77. The van der Waals surface area contributed by atoms with E-state index in [1.807, 2.05) is 20.8 Å². The van der Waals surface area contributed by atoms with Gasteiger partial charge in [0.1, 0.15) is 0 Å². The van der Waals surface area contributed by atoms with Gasteiger partial charge in [0, 0.05) is 18.0 Å². The zero-order valence-electron chi connectivity index (χ0n) is 13.4. The number of amides is 2. The van der Waals surface area contributed by atoms with Crippen LogP contribution in [-0.2, 0) is 0 Å². The van der Waals surface area contributed by atoms with Crippen LogP contribution in [0, 0.1) is 5.92 Å². The molecule has 1 aliphatic carbocycles. The van der Waals surface area contributed by atoms with Gasteiger partial charge in [-0.1, -0.05) is 5.57 Å². The number of carbonyl (C=O) groups excluding carboxylic acids is 1. The molecule has 1 aromatic rings. The van der Waals surface area contributed by atoms with Gasteiger partial charge >= 0.3 is 6.03 Å². The van der Waals surface area contributed by atoms with E-state index in [0.29, 0.717) is 36.3 Å². The Labute approximate surface area is 131 Å². The number of hydrogen-bond donors (Lipinski definition) is 2. The van der Waals surface area contributed by atoms with E-state index < -0.39 is 0 Å². The summed E-state index contributed by atoms with van der Waals surface area (Å²) in [5.41, 5.74) is 1.89. The van der Waals surface area contributed by atoms with Crippen LogP contribution in [0.2, 0.25) is 0 Å². The highest BCUT2D eigenvalue weighted by atomic mass is 16.5. The molecule has 5 heteroatoms. The van der Waals surface area contributed by atoms with Crippen molar-refractivity contribution >= 4 is 11.7 Å². The van der Waals surface area contributed by atoms with E-state index in [0.717, 1.165) is 0 Å². The van der Waals surface area contributed by atoms with E-state index in [4.69, 9.17) is 9.47 Å². The maximum Gasteiger partial charge on any atom is 0.323 e. The van der Waals surface area contributed by atoms with Crippen LogP contribution < -0.4 is 20.1 Å². The Bertz CT molecular complexity index is 551. The highest BCUT2D eigenvalue weighted by Gasteiger charge is 2.22. The van der Waals surface area contributed by atoms with E-state index in [2.05, 4.69) is 10.6 Å². The molecule has 2 N–H and O–H groups in total. The van der Waals surface area contributed by atoms with Crippen LogP contribution >= 0.6 is 0 Å². The monoisotopic (exact) mass is 304 g/mol. The number of rotatable bonds is 7. The molecule has 5 nitrogen and oxygen atoms in total. The van der Waals surface area contributed by atoms with Gasteiger partial charge in [-0.05, 0) is 51.7 Å². The fourth-order valence-electron chi connectivity index (χ4n) is 2.13. The number of allylic oxidation sites excluding steroid dienone is 1. The molecule has 1 fully saturated rings. The van der Waals surface area contributed by atoms with Crippen LogP contribution in [0.5, 0.6) is 11.5 Å². The Morgan fingerprint density at radius 3 is 2.55 bits per heavy atom. The van der Waals surface area contributed by atoms with Crippen LogP contribution in [0.4, 0.5) is 10.5 Å². The molecule has 1 aromatic carbocycles. The van der Waals surface area contributed by atoms with Gasteiger partial charge < -0.3 is 20.1 Å². The fraction of sp³-hybridized carbons (Fsp3) is 0.471. The molecule has 0 radical (unpaired) electrons. The van der Waals surface area contributed by atoms with Crippen molar-refractivity contribution in [1.82, 2.24) is 5.32 Å². The molecule has 22 heavy (non-hydrogen) atoms. The molecule has 0 saturated heterocycles.